The maximum atomic E-state index is 6.44. The standard InChI is InChI=1S/C15H18BrN3O/c1-10-5-6-11(12(16)9-10)13-18-14(19-20-13)15(17)7-3-2-4-8-15/h5-6,9H,2-4,7-8,17H2,1H3. The molecule has 1 fully saturated rings. The van der Waals surface area contributed by atoms with Gasteiger partial charge >= 0.3 is 0 Å². The molecule has 1 aliphatic carbocycles. The Morgan fingerprint density at radius 1 is 1.25 bits per heavy atom. The topological polar surface area (TPSA) is 64.9 Å². The number of nitrogens with two attached hydrogens (primary N) is 1. The van der Waals surface area contributed by atoms with Crippen molar-refractivity contribution in [3.05, 3.63) is 34.1 Å². The molecule has 1 saturated carbocycles. The zero-order valence-electron chi connectivity index (χ0n) is 11.5. The van der Waals surface area contributed by atoms with Crippen molar-refractivity contribution in [3.63, 3.8) is 0 Å². The Hall–Kier alpha value is -1.20. The van der Waals surface area contributed by atoms with Crippen LogP contribution in [0.5, 0.6) is 0 Å². The number of hydrogen-bond acceptors (Lipinski definition) is 4. The van der Waals surface area contributed by atoms with Crippen molar-refractivity contribution in [2.45, 2.75) is 44.6 Å². The number of halogens is 1. The van der Waals surface area contributed by atoms with E-state index in [1.165, 1.54) is 12.0 Å². The predicted octanol–water partition coefficient (Wildman–Crippen LogP) is 3.93. The van der Waals surface area contributed by atoms with Crippen LogP contribution in [-0.4, -0.2) is 10.1 Å². The summed E-state index contributed by atoms with van der Waals surface area (Å²) < 4.78 is 6.38. The van der Waals surface area contributed by atoms with E-state index in [1.807, 2.05) is 25.1 Å². The van der Waals surface area contributed by atoms with Crippen LogP contribution in [0.15, 0.2) is 27.2 Å². The van der Waals surface area contributed by atoms with E-state index in [0.29, 0.717) is 11.7 Å². The molecule has 0 radical (unpaired) electrons. The molecule has 1 aliphatic rings. The van der Waals surface area contributed by atoms with Crippen molar-refractivity contribution >= 4 is 15.9 Å². The summed E-state index contributed by atoms with van der Waals surface area (Å²) in [5, 5.41) is 4.12. The van der Waals surface area contributed by atoms with Crippen LogP contribution in [0.25, 0.3) is 11.5 Å². The molecule has 0 spiro atoms. The number of aromatic nitrogens is 2. The Balaban J connectivity index is 1.93. The van der Waals surface area contributed by atoms with Gasteiger partial charge in [-0.05, 0) is 53.4 Å². The molecule has 0 atom stereocenters. The number of nitrogens with zero attached hydrogens (tertiary/aromatic N) is 2. The smallest absolute Gasteiger partial charge is 0.259 e. The molecule has 0 saturated heterocycles. The molecule has 4 nitrogen and oxygen atoms in total. The second kappa shape index (κ2) is 5.30. The lowest BCUT2D eigenvalue weighted by Gasteiger charge is -2.29. The molecular weight excluding hydrogens is 318 g/mol. The first kappa shape index (κ1) is 13.8. The van der Waals surface area contributed by atoms with Crippen molar-refractivity contribution in [3.8, 4) is 11.5 Å². The maximum Gasteiger partial charge on any atom is 0.259 e. The third-order valence-corrected chi connectivity index (χ3v) is 4.63. The Bertz CT molecular complexity index is 617. The SMILES string of the molecule is Cc1ccc(-c2nc(C3(N)CCCCC3)no2)c(Br)c1. The molecule has 3 rings (SSSR count). The van der Waals surface area contributed by atoms with Gasteiger partial charge in [-0.25, -0.2) is 0 Å². The first-order valence-electron chi connectivity index (χ1n) is 6.98. The average Bonchev–Trinajstić information content (AvgIpc) is 2.90. The fourth-order valence-electron chi connectivity index (χ4n) is 2.73. The van der Waals surface area contributed by atoms with E-state index in [0.717, 1.165) is 35.7 Å². The Labute approximate surface area is 126 Å². The summed E-state index contributed by atoms with van der Waals surface area (Å²) in [6, 6.07) is 6.06. The van der Waals surface area contributed by atoms with E-state index < -0.39 is 5.54 Å². The van der Waals surface area contributed by atoms with E-state index in [9.17, 15) is 0 Å². The molecule has 1 heterocycles. The van der Waals surface area contributed by atoms with Crippen LogP contribution in [0.1, 0.15) is 43.5 Å². The molecule has 5 heteroatoms. The monoisotopic (exact) mass is 335 g/mol. The third-order valence-electron chi connectivity index (χ3n) is 3.97. The summed E-state index contributed by atoms with van der Waals surface area (Å²) in [5.41, 5.74) is 8.11. The lowest BCUT2D eigenvalue weighted by atomic mass is 9.82. The van der Waals surface area contributed by atoms with Gasteiger partial charge in [-0.3, -0.25) is 0 Å². The Morgan fingerprint density at radius 3 is 2.70 bits per heavy atom. The molecule has 106 valence electrons. The Morgan fingerprint density at radius 2 is 2.00 bits per heavy atom. The van der Waals surface area contributed by atoms with Gasteiger partial charge in [-0.2, -0.15) is 4.98 Å². The summed E-state index contributed by atoms with van der Waals surface area (Å²) in [4.78, 5) is 4.53. The van der Waals surface area contributed by atoms with Crippen molar-refractivity contribution in [1.29, 1.82) is 0 Å². The van der Waals surface area contributed by atoms with Crippen molar-refractivity contribution < 1.29 is 4.52 Å². The summed E-state index contributed by atoms with van der Waals surface area (Å²) >= 11 is 3.54. The van der Waals surface area contributed by atoms with Gasteiger partial charge in [0.2, 0.25) is 0 Å². The third kappa shape index (κ3) is 2.52. The molecule has 2 aromatic rings. The number of rotatable bonds is 2. The van der Waals surface area contributed by atoms with Crippen LogP contribution in [-0.2, 0) is 5.54 Å². The lowest BCUT2D eigenvalue weighted by molar-refractivity contribution is 0.275. The number of benzene rings is 1. The molecule has 0 bridgehead atoms. The van der Waals surface area contributed by atoms with Gasteiger partial charge in [0.1, 0.15) is 0 Å². The normalized spacial score (nSPS) is 18.1. The predicted molar refractivity (Wildman–Crippen MR) is 81.1 cm³/mol. The van der Waals surface area contributed by atoms with E-state index in [1.54, 1.807) is 0 Å². The van der Waals surface area contributed by atoms with Crippen LogP contribution in [0.4, 0.5) is 0 Å². The van der Waals surface area contributed by atoms with E-state index >= 15 is 0 Å². The molecule has 2 N–H and O–H groups in total. The Kier molecular flexibility index (Phi) is 3.65. The minimum atomic E-state index is -0.419. The summed E-state index contributed by atoms with van der Waals surface area (Å²) in [6.45, 7) is 2.05. The fraction of sp³-hybridized carbons (Fsp3) is 0.467. The molecule has 1 aromatic carbocycles. The van der Waals surface area contributed by atoms with Gasteiger partial charge in [0.15, 0.2) is 5.82 Å². The highest BCUT2D eigenvalue weighted by Crippen LogP contribution is 2.35. The molecule has 20 heavy (non-hydrogen) atoms. The van der Waals surface area contributed by atoms with E-state index in [-0.39, 0.29) is 0 Å². The van der Waals surface area contributed by atoms with E-state index in [4.69, 9.17) is 10.3 Å². The van der Waals surface area contributed by atoms with Crippen LogP contribution in [0.2, 0.25) is 0 Å². The van der Waals surface area contributed by atoms with Crippen LogP contribution in [0, 0.1) is 6.92 Å². The zero-order valence-corrected chi connectivity index (χ0v) is 13.1. The van der Waals surface area contributed by atoms with Gasteiger partial charge in [0.05, 0.1) is 11.1 Å². The van der Waals surface area contributed by atoms with Crippen molar-refractivity contribution in [2.24, 2.45) is 5.73 Å². The van der Waals surface area contributed by atoms with Crippen LogP contribution < -0.4 is 5.73 Å². The van der Waals surface area contributed by atoms with Crippen LogP contribution in [0.3, 0.4) is 0 Å². The largest absolute Gasteiger partial charge is 0.334 e. The summed E-state index contributed by atoms with van der Waals surface area (Å²) in [6.07, 6.45) is 5.37. The first-order chi connectivity index (χ1) is 9.58. The molecule has 1 aromatic heterocycles. The van der Waals surface area contributed by atoms with E-state index in [2.05, 4.69) is 26.1 Å². The fourth-order valence-corrected chi connectivity index (χ4v) is 3.40. The second-order valence-electron chi connectivity index (χ2n) is 5.62. The molecular formula is C15H18BrN3O. The molecule has 0 amide bonds. The molecule has 0 aliphatic heterocycles. The highest BCUT2D eigenvalue weighted by atomic mass is 79.9. The van der Waals surface area contributed by atoms with Gasteiger partial charge in [0, 0.05) is 4.47 Å². The zero-order chi connectivity index (χ0) is 14.2. The highest BCUT2D eigenvalue weighted by molar-refractivity contribution is 9.10. The average molecular weight is 336 g/mol. The summed E-state index contributed by atoms with van der Waals surface area (Å²) in [7, 11) is 0. The van der Waals surface area contributed by atoms with Gasteiger partial charge in [0.25, 0.3) is 5.89 Å². The maximum absolute atomic E-state index is 6.44. The van der Waals surface area contributed by atoms with Gasteiger partial charge in [-0.1, -0.05) is 30.5 Å². The lowest BCUT2D eigenvalue weighted by Crippen LogP contribution is -2.39. The quantitative estimate of drug-likeness (QED) is 0.903. The minimum absolute atomic E-state index is 0.419. The highest BCUT2D eigenvalue weighted by Gasteiger charge is 2.34. The minimum Gasteiger partial charge on any atom is -0.334 e. The molecule has 0 unspecified atom stereocenters. The van der Waals surface area contributed by atoms with Gasteiger partial charge in [-0.15, -0.1) is 0 Å². The summed E-state index contributed by atoms with van der Waals surface area (Å²) in [5.74, 6) is 1.17. The number of aryl methyl sites for hydroxylation is 1. The van der Waals surface area contributed by atoms with Crippen molar-refractivity contribution in [1.82, 2.24) is 10.1 Å². The van der Waals surface area contributed by atoms with Crippen LogP contribution >= 0.6 is 15.9 Å². The van der Waals surface area contributed by atoms with Gasteiger partial charge < -0.3 is 10.3 Å². The van der Waals surface area contributed by atoms with Crippen molar-refractivity contribution in [2.75, 3.05) is 0 Å². The first-order valence-corrected chi connectivity index (χ1v) is 7.77. The second-order valence-corrected chi connectivity index (χ2v) is 6.48. The number of hydrogen-bond donors (Lipinski definition) is 1.